The number of benzene rings is 2. The molecule has 1 heterocycles. The first-order valence-electron chi connectivity index (χ1n) is 10.8. The number of para-hydroxylation sites is 1. The Morgan fingerprint density at radius 3 is 2.20 bits per heavy atom. The summed E-state index contributed by atoms with van der Waals surface area (Å²) < 4.78 is 6.05. The Kier molecular flexibility index (Phi) is 7.14. The minimum absolute atomic E-state index is 0.0273. The van der Waals surface area contributed by atoms with Crippen LogP contribution < -0.4 is 4.74 Å². The van der Waals surface area contributed by atoms with Crippen LogP contribution in [0.4, 0.5) is 0 Å². The zero-order chi connectivity index (χ0) is 21.7. The van der Waals surface area contributed by atoms with Gasteiger partial charge < -0.3 is 14.5 Å². The van der Waals surface area contributed by atoms with E-state index in [2.05, 4.69) is 13.8 Å². The van der Waals surface area contributed by atoms with Crippen molar-refractivity contribution in [2.24, 2.45) is 0 Å². The van der Waals surface area contributed by atoms with E-state index in [-0.39, 0.29) is 11.8 Å². The van der Waals surface area contributed by atoms with Gasteiger partial charge in [-0.3, -0.25) is 9.59 Å². The van der Waals surface area contributed by atoms with E-state index in [9.17, 15) is 9.59 Å². The Morgan fingerprint density at radius 2 is 1.50 bits per heavy atom. The van der Waals surface area contributed by atoms with E-state index in [4.69, 9.17) is 4.74 Å². The highest BCUT2D eigenvalue weighted by molar-refractivity contribution is 5.94. The molecule has 1 unspecified atom stereocenters. The third kappa shape index (κ3) is 5.21. The van der Waals surface area contributed by atoms with E-state index in [0.717, 1.165) is 23.3 Å². The van der Waals surface area contributed by atoms with Crippen LogP contribution in [0.1, 0.15) is 54.6 Å². The maximum absolute atomic E-state index is 13.0. The molecule has 1 aliphatic heterocycles. The van der Waals surface area contributed by atoms with Crippen LogP contribution in [0, 0.1) is 6.92 Å². The Balaban J connectivity index is 1.61. The molecule has 2 aromatic rings. The number of aryl methyl sites for hydroxylation is 1. The van der Waals surface area contributed by atoms with Gasteiger partial charge in [0.1, 0.15) is 5.75 Å². The van der Waals surface area contributed by atoms with Crippen LogP contribution in [0.5, 0.6) is 5.75 Å². The van der Waals surface area contributed by atoms with Crippen LogP contribution in [0.2, 0.25) is 0 Å². The van der Waals surface area contributed by atoms with E-state index in [0.29, 0.717) is 37.7 Å². The fourth-order valence-corrected chi connectivity index (χ4v) is 3.78. The molecule has 2 aromatic carbocycles. The zero-order valence-electron chi connectivity index (χ0n) is 18.4. The molecule has 3 rings (SSSR count). The van der Waals surface area contributed by atoms with Gasteiger partial charge in [0.05, 0.1) is 0 Å². The van der Waals surface area contributed by atoms with E-state index in [1.807, 2.05) is 65.3 Å². The molecule has 2 amide bonds. The summed E-state index contributed by atoms with van der Waals surface area (Å²) in [6.07, 6.45) is 0.197. The molecule has 0 aromatic heterocycles. The highest BCUT2D eigenvalue weighted by Gasteiger charge is 2.27. The third-order valence-corrected chi connectivity index (χ3v) is 5.59. The van der Waals surface area contributed by atoms with Gasteiger partial charge in [0.15, 0.2) is 6.10 Å². The van der Waals surface area contributed by atoms with Crippen molar-refractivity contribution < 1.29 is 14.3 Å². The zero-order valence-corrected chi connectivity index (χ0v) is 18.4. The second kappa shape index (κ2) is 9.79. The summed E-state index contributed by atoms with van der Waals surface area (Å²) >= 11 is 0. The molecule has 0 spiro atoms. The minimum atomic E-state index is -0.566. The lowest BCUT2D eigenvalue weighted by atomic mass is 10.0. The first kappa shape index (κ1) is 21.9. The molecule has 30 heavy (non-hydrogen) atoms. The topological polar surface area (TPSA) is 49.9 Å². The van der Waals surface area contributed by atoms with Gasteiger partial charge in [0.25, 0.3) is 11.8 Å². The van der Waals surface area contributed by atoms with Crippen molar-refractivity contribution in [3.05, 3.63) is 65.2 Å². The molecule has 0 radical (unpaired) electrons. The lowest BCUT2D eigenvalue weighted by molar-refractivity contribution is -0.137. The van der Waals surface area contributed by atoms with E-state index < -0.39 is 6.10 Å². The monoisotopic (exact) mass is 408 g/mol. The normalized spacial score (nSPS) is 15.6. The van der Waals surface area contributed by atoms with Gasteiger partial charge in [-0.2, -0.15) is 0 Å². The standard InChI is InChI=1S/C25H32N2O3/c1-18(2)22-8-5-6-9-23(22)30-20(4)24(28)26-14-7-15-27(17-16-26)25(29)21-12-10-19(3)11-13-21/h5-6,8-13,18,20H,7,14-17H2,1-4H3. The van der Waals surface area contributed by atoms with Crippen molar-refractivity contribution >= 4 is 11.8 Å². The summed E-state index contributed by atoms with van der Waals surface area (Å²) in [4.78, 5) is 29.5. The van der Waals surface area contributed by atoms with Crippen molar-refractivity contribution in [3.8, 4) is 5.75 Å². The second-order valence-electron chi connectivity index (χ2n) is 8.29. The summed E-state index contributed by atoms with van der Waals surface area (Å²) in [5, 5.41) is 0. The molecule has 0 bridgehead atoms. The summed E-state index contributed by atoms with van der Waals surface area (Å²) in [5.74, 6) is 1.08. The molecular weight excluding hydrogens is 376 g/mol. The van der Waals surface area contributed by atoms with Crippen molar-refractivity contribution in [3.63, 3.8) is 0 Å². The summed E-state index contributed by atoms with van der Waals surface area (Å²) in [5.41, 5.74) is 2.93. The average molecular weight is 409 g/mol. The van der Waals surface area contributed by atoms with E-state index >= 15 is 0 Å². The van der Waals surface area contributed by atoms with Gasteiger partial charge in [-0.1, -0.05) is 49.7 Å². The highest BCUT2D eigenvalue weighted by Crippen LogP contribution is 2.27. The van der Waals surface area contributed by atoms with Gasteiger partial charge in [0, 0.05) is 31.7 Å². The van der Waals surface area contributed by atoms with Crippen LogP contribution in [0.3, 0.4) is 0 Å². The number of nitrogens with zero attached hydrogens (tertiary/aromatic N) is 2. The molecule has 1 fully saturated rings. The fourth-order valence-electron chi connectivity index (χ4n) is 3.78. The van der Waals surface area contributed by atoms with Crippen molar-refractivity contribution in [2.45, 2.75) is 46.1 Å². The molecule has 5 nitrogen and oxygen atoms in total. The molecule has 160 valence electrons. The Bertz CT molecular complexity index is 876. The largest absolute Gasteiger partial charge is 0.481 e. The predicted octanol–water partition coefficient (Wildman–Crippen LogP) is 4.26. The van der Waals surface area contributed by atoms with Gasteiger partial charge in [-0.05, 0) is 49.9 Å². The average Bonchev–Trinajstić information content (AvgIpc) is 2.99. The Labute approximate surface area is 179 Å². The quantitative estimate of drug-likeness (QED) is 0.743. The smallest absolute Gasteiger partial charge is 0.263 e. The number of ether oxygens (including phenoxy) is 1. The molecular formula is C25H32N2O3. The maximum atomic E-state index is 13.0. The second-order valence-corrected chi connectivity index (χ2v) is 8.29. The number of hydrogen-bond acceptors (Lipinski definition) is 3. The molecule has 0 saturated carbocycles. The maximum Gasteiger partial charge on any atom is 0.263 e. The van der Waals surface area contributed by atoms with Crippen LogP contribution >= 0.6 is 0 Å². The van der Waals surface area contributed by atoms with Crippen LogP contribution in [-0.4, -0.2) is 53.9 Å². The van der Waals surface area contributed by atoms with Crippen molar-refractivity contribution in [2.75, 3.05) is 26.2 Å². The van der Waals surface area contributed by atoms with Crippen LogP contribution in [0.15, 0.2) is 48.5 Å². The SMILES string of the molecule is Cc1ccc(C(=O)N2CCCN(C(=O)C(C)Oc3ccccc3C(C)C)CC2)cc1. The lowest BCUT2D eigenvalue weighted by Crippen LogP contribution is -2.43. The first-order chi connectivity index (χ1) is 14.4. The molecule has 1 saturated heterocycles. The number of hydrogen-bond donors (Lipinski definition) is 0. The van der Waals surface area contributed by atoms with E-state index in [1.165, 1.54) is 0 Å². The Morgan fingerprint density at radius 1 is 0.867 bits per heavy atom. The molecule has 0 N–H and O–H groups in total. The van der Waals surface area contributed by atoms with Gasteiger partial charge >= 0.3 is 0 Å². The third-order valence-electron chi connectivity index (χ3n) is 5.59. The summed E-state index contributed by atoms with van der Waals surface area (Å²) in [6.45, 7) is 10.4. The Hall–Kier alpha value is -2.82. The fraction of sp³-hybridized carbons (Fsp3) is 0.440. The number of rotatable bonds is 5. The van der Waals surface area contributed by atoms with Gasteiger partial charge in [0.2, 0.25) is 0 Å². The summed E-state index contributed by atoms with van der Waals surface area (Å²) in [7, 11) is 0. The van der Waals surface area contributed by atoms with Gasteiger partial charge in [-0.15, -0.1) is 0 Å². The van der Waals surface area contributed by atoms with Crippen molar-refractivity contribution in [1.29, 1.82) is 0 Å². The minimum Gasteiger partial charge on any atom is -0.481 e. The number of amides is 2. The molecule has 1 aliphatic rings. The summed E-state index contributed by atoms with van der Waals surface area (Å²) in [6, 6.07) is 15.5. The number of carbonyl (C=O) groups is 2. The van der Waals surface area contributed by atoms with Crippen LogP contribution in [0.25, 0.3) is 0 Å². The molecule has 1 atom stereocenters. The lowest BCUT2D eigenvalue weighted by Gasteiger charge is -2.26. The first-order valence-corrected chi connectivity index (χ1v) is 10.8. The molecule has 0 aliphatic carbocycles. The number of carbonyl (C=O) groups excluding carboxylic acids is 2. The molecule has 5 heteroatoms. The highest BCUT2D eigenvalue weighted by atomic mass is 16.5. The predicted molar refractivity (Wildman–Crippen MR) is 119 cm³/mol. The van der Waals surface area contributed by atoms with Gasteiger partial charge in [-0.25, -0.2) is 0 Å². The van der Waals surface area contributed by atoms with E-state index in [1.54, 1.807) is 6.92 Å². The van der Waals surface area contributed by atoms with Crippen molar-refractivity contribution in [1.82, 2.24) is 9.80 Å². The van der Waals surface area contributed by atoms with Crippen LogP contribution in [-0.2, 0) is 4.79 Å².